The number of nitrogens with one attached hydrogen (secondary N) is 1. The third kappa shape index (κ3) is 3.99. The number of anilines is 1. The SMILES string of the molecule is O=C(c1cc(F)ccc1-n1nccn1)N1CCC(F)(F)[C@H]1CNc1nc2cc(Cl)ccc2o1. The number of halogens is 4. The van der Waals surface area contributed by atoms with Gasteiger partial charge >= 0.3 is 0 Å². The molecular formula is C21H16ClF3N6O2. The number of oxazole rings is 1. The van der Waals surface area contributed by atoms with Gasteiger partial charge in [-0.25, -0.2) is 13.2 Å². The molecule has 12 heteroatoms. The van der Waals surface area contributed by atoms with E-state index in [0.29, 0.717) is 16.1 Å². The van der Waals surface area contributed by atoms with E-state index < -0.39 is 30.1 Å². The van der Waals surface area contributed by atoms with Gasteiger partial charge < -0.3 is 14.6 Å². The Kier molecular flexibility index (Phi) is 5.20. The van der Waals surface area contributed by atoms with E-state index in [1.54, 1.807) is 18.2 Å². The molecule has 0 spiro atoms. The summed E-state index contributed by atoms with van der Waals surface area (Å²) in [4.78, 5) is 19.6. The molecule has 1 atom stereocenters. The van der Waals surface area contributed by atoms with Crippen molar-refractivity contribution in [1.29, 1.82) is 0 Å². The van der Waals surface area contributed by atoms with Crippen molar-refractivity contribution in [2.75, 3.05) is 18.4 Å². The molecule has 1 fully saturated rings. The Morgan fingerprint density at radius 3 is 2.79 bits per heavy atom. The summed E-state index contributed by atoms with van der Waals surface area (Å²) < 4.78 is 49.0. The fourth-order valence-corrected chi connectivity index (χ4v) is 4.00. The summed E-state index contributed by atoms with van der Waals surface area (Å²) >= 11 is 5.94. The smallest absolute Gasteiger partial charge is 0.295 e. The highest BCUT2D eigenvalue weighted by atomic mass is 35.5. The molecule has 1 N–H and O–H groups in total. The van der Waals surface area contributed by atoms with E-state index in [4.69, 9.17) is 16.0 Å². The highest BCUT2D eigenvalue weighted by Crippen LogP contribution is 2.36. The summed E-state index contributed by atoms with van der Waals surface area (Å²) in [7, 11) is 0. The second kappa shape index (κ2) is 8.07. The summed E-state index contributed by atoms with van der Waals surface area (Å²) in [5.41, 5.74) is 0.964. The van der Waals surface area contributed by atoms with E-state index in [9.17, 15) is 18.0 Å². The average Bonchev–Trinajstić information content (AvgIpc) is 3.50. The molecule has 2 aromatic heterocycles. The normalized spacial score (nSPS) is 17.6. The van der Waals surface area contributed by atoms with Crippen molar-refractivity contribution in [1.82, 2.24) is 24.9 Å². The van der Waals surface area contributed by atoms with Gasteiger partial charge in [-0.3, -0.25) is 4.79 Å². The summed E-state index contributed by atoms with van der Waals surface area (Å²) in [6.45, 7) is -0.534. The first kappa shape index (κ1) is 21.3. The van der Waals surface area contributed by atoms with Gasteiger partial charge in [0.2, 0.25) is 0 Å². The maximum atomic E-state index is 14.7. The minimum Gasteiger partial charge on any atom is -0.424 e. The van der Waals surface area contributed by atoms with Gasteiger partial charge in [0.1, 0.15) is 17.4 Å². The lowest BCUT2D eigenvalue weighted by molar-refractivity contribution is -0.0249. The Morgan fingerprint density at radius 2 is 2.00 bits per heavy atom. The van der Waals surface area contributed by atoms with Crippen LogP contribution < -0.4 is 5.32 Å². The Hall–Kier alpha value is -3.60. The van der Waals surface area contributed by atoms with Gasteiger partial charge in [0.25, 0.3) is 17.8 Å². The van der Waals surface area contributed by atoms with Crippen LogP contribution in [0.5, 0.6) is 0 Å². The van der Waals surface area contributed by atoms with Crippen LogP contribution in [0.2, 0.25) is 5.02 Å². The van der Waals surface area contributed by atoms with Gasteiger partial charge in [0.15, 0.2) is 5.58 Å². The molecule has 2 aromatic carbocycles. The Bertz CT molecular complexity index is 1330. The summed E-state index contributed by atoms with van der Waals surface area (Å²) in [6, 6.07) is 6.80. The lowest BCUT2D eigenvalue weighted by atomic mass is 10.1. The van der Waals surface area contributed by atoms with Crippen LogP contribution in [-0.2, 0) is 0 Å². The first-order valence-corrected chi connectivity index (χ1v) is 10.3. The second-order valence-corrected chi connectivity index (χ2v) is 7.95. The predicted octanol–water partition coefficient (Wildman–Crippen LogP) is 4.16. The number of benzene rings is 2. The molecule has 0 saturated carbocycles. The molecular weight excluding hydrogens is 461 g/mol. The molecule has 170 valence electrons. The van der Waals surface area contributed by atoms with Gasteiger partial charge in [0, 0.05) is 24.5 Å². The maximum Gasteiger partial charge on any atom is 0.295 e. The largest absolute Gasteiger partial charge is 0.424 e. The van der Waals surface area contributed by atoms with Crippen molar-refractivity contribution in [3.63, 3.8) is 0 Å². The van der Waals surface area contributed by atoms with Crippen LogP contribution in [0.1, 0.15) is 16.8 Å². The molecule has 8 nitrogen and oxygen atoms in total. The zero-order valence-electron chi connectivity index (χ0n) is 16.9. The number of carbonyl (C=O) groups excluding carboxylic acids is 1. The number of amides is 1. The number of nitrogens with zero attached hydrogens (tertiary/aromatic N) is 5. The van der Waals surface area contributed by atoms with E-state index in [0.717, 1.165) is 21.8 Å². The quantitative estimate of drug-likeness (QED) is 0.465. The first-order chi connectivity index (χ1) is 15.8. The van der Waals surface area contributed by atoms with E-state index >= 15 is 0 Å². The minimum atomic E-state index is -3.17. The van der Waals surface area contributed by atoms with Crippen molar-refractivity contribution in [2.24, 2.45) is 0 Å². The second-order valence-electron chi connectivity index (χ2n) is 7.52. The number of rotatable bonds is 5. The number of likely N-dealkylation sites (tertiary alicyclic amines) is 1. The molecule has 1 amide bonds. The lowest BCUT2D eigenvalue weighted by Crippen LogP contribution is -2.47. The van der Waals surface area contributed by atoms with Gasteiger partial charge in [-0.15, -0.1) is 0 Å². The van der Waals surface area contributed by atoms with E-state index in [1.165, 1.54) is 18.5 Å². The van der Waals surface area contributed by atoms with Crippen molar-refractivity contribution in [3.05, 3.63) is 65.2 Å². The zero-order valence-corrected chi connectivity index (χ0v) is 17.6. The third-order valence-electron chi connectivity index (χ3n) is 5.43. The number of hydrogen-bond acceptors (Lipinski definition) is 6. The van der Waals surface area contributed by atoms with Crippen LogP contribution in [-0.4, -0.2) is 55.8 Å². The molecule has 0 aliphatic carbocycles. The van der Waals surface area contributed by atoms with Crippen LogP contribution in [0, 0.1) is 5.82 Å². The Labute approximate surface area is 189 Å². The predicted molar refractivity (Wildman–Crippen MR) is 113 cm³/mol. The van der Waals surface area contributed by atoms with Crippen LogP contribution in [0.3, 0.4) is 0 Å². The first-order valence-electron chi connectivity index (χ1n) is 9.97. The molecule has 0 radical (unpaired) electrons. The Balaban J connectivity index is 1.42. The third-order valence-corrected chi connectivity index (χ3v) is 5.67. The average molecular weight is 477 g/mol. The van der Waals surface area contributed by atoms with Gasteiger partial charge in [0.05, 0.1) is 23.6 Å². The zero-order chi connectivity index (χ0) is 23.2. The monoisotopic (exact) mass is 476 g/mol. The fourth-order valence-electron chi connectivity index (χ4n) is 3.83. The summed E-state index contributed by atoms with van der Waals surface area (Å²) in [6.07, 6.45) is 2.25. The summed E-state index contributed by atoms with van der Waals surface area (Å²) in [5, 5.41) is 11.1. The highest BCUT2D eigenvalue weighted by Gasteiger charge is 2.51. The Morgan fingerprint density at radius 1 is 1.21 bits per heavy atom. The molecule has 5 rings (SSSR count). The van der Waals surface area contributed by atoms with E-state index in [-0.39, 0.29) is 30.4 Å². The number of fused-ring (bicyclic) bond motifs is 1. The summed E-state index contributed by atoms with van der Waals surface area (Å²) in [5.74, 6) is -4.61. The van der Waals surface area contributed by atoms with Gasteiger partial charge in [-0.2, -0.15) is 20.0 Å². The molecule has 33 heavy (non-hydrogen) atoms. The molecule has 1 saturated heterocycles. The lowest BCUT2D eigenvalue weighted by Gasteiger charge is -2.28. The minimum absolute atomic E-state index is 0.0227. The molecule has 4 aromatic rings. The van der Waals surface area contributed by atoms with E-state index in [1.807, 2.05) is 0 Å². The standard InChI is InChI=1S/C21H16ClF3N6O2/c22-12-1-4-17-15(9-12)29-20(33-17)26-11-18-21(24,25)5-8-30(18)19(32)14-10-13(23)2-3-16(14)31-27-6-7-28-31/h1-4,6-7,9-10,18H,5,8,11H2,(H,26,29)/t18-/m1/s1. The molecule has 1 aliphatic heterocycles. The molecule has 0 bridgehead atoms. The van der Waals surface area contributed by atoms with E-state index in [2.05, 4.69) is 20.5 Å². The maximum absolute atomic E-state index is 14.7. The number of alkyl halides is 2. The molecule has 1 aliphatic rings. The number of hydrogen-bond donors (Lipinski definition) is 1. The highest BCUT2D eigenvalue weighted by molar-refractivity contribution is 6.31. The number of aromatic nitrogens is 4. The van der Waals surface area contributed by atoms with Crippen molar-refractivity contribution in [3.8, 4) is 5.69 Å². The topological polar surface area (TPSA) is 89.1 Å². The van der Waals surface area contributed by atoms with Crippen LogP contribution in [0.4, 0.5) is 19.2 Å². The van der Waals surface area contributed by atoms with Crippen molar-refractivity contribution >= 4 is 34.6 Å². The fraction of sp³-hybridized carbons (Fsp3) is 0.238. The number of carbonyl (C=O) groups is 1. The van der Waals surface area contributed by atoms with Crippen molar-refractivity contribution < 1.29 is 22.4 Å². The van der Waals surface area contributed by atoms with Crippen LogP contribution in [0.25, 0.3) is 16.8 Å². The molecule has 3 heterocycles. The molecule has 0 unspecified atom stereocenters. The van der Waals surface area contributed by atoms with Gasteiger partial charge in [-0.1, -0.05) is 11.6 Å². The van der Waals surface area contributed by atoms with Crippen LogP contribution in [0.15, 0.2) is 53.2 Å². The van der Waals surface area contributed by atoms with Gasteiger partial charge in [-0.05, 0) is 36.4 Å². The van der Waals surface area contributed by atoms with Crippen molar-refractivity contribution in [2.45, 2.75) is 18.4 Å². The van der Waals surface area contributed by atoms with Crippen LogP contribution >= 0.6 is 11.6 Å².